The number of benzene rings is 1. The van der Waals surface area contributed by atoms with Crippen LogP contribution in [0.5, 0.6) is 5.75 Å². The van der Waals surface area contributed by atoms with E-state index in [-0.39, 0.29) is 5.75 Å². The highest BCUT2D eigenvalue weighted by Gasteiger charge is 2.30. The van der Waals surface area contributed by atoms with E-state index in [9.17, 15) is 13.2 Å². The number of rotatable bonds is 7. The molecule has 0 aliphatic heterocycles. The molecule has 0 aromatic heterocycles. The van der Waals surface area contributed by atoms with Crippen LogP contribution in [0.1, 0.15) is 25.8 Å². The largest absolute Gasteiger partial charge is 0.573 e. The van der Waals surface area contributed by atoms with Crippen LogP contribution >= 0.6 is 0 Å². The first kappa shape index (κ1) is 15.8. The molecule has 0 spiro atoms. The van der Waals surface area contributed by atoms with E-state index < -0.39 is 6.36 Å². The first-order valence-corrected chi connectivity index (χ1v) is 6.46. The number of alkyl halides is 3. The SMILES string of the molecule is CCNCCC(C)Cc1ccc(OC(F)(F)F)cc1. The van der Waals surface area contributed by atoms with Crippen LogP contribution in [-0.2, 0) is 6.42 Å². The second-order valence-corrected chi connectivity index (χ2v) is 4.64. The molecule has 2 nitrogen and oxygen atoms in total. The summed E-state index contributed by atoms with van der Waals surface area (Å²) < 4.78 is 39.8. The van der Waals surface area contributed by atoms with E-state index >= 15 is 0 Å². The van der Waals surface area contributed by atoms with Crippen molar-refractivity contribution in [1.82, 2.24) is 5.32 Å². The van der Waals surface area contributed by atoms with Gasteiger partial charge >= 0.3 is 6.36 Å². The molecule has 1 aromatic carbocycles. The number of ether oxygens (including phenoxy) is 1. The summed E-state index contributed by atoms with van der Waals surface area (Å²) in [6.45, 7) is 6.12. The molecule has 0 amide bonds. The molecule has 0 aliphatic carbocycles. The third-order valence-electron chi connectivity index (χ3n) is 2.81. The van der Waals surface area contributed by atoms with Crippen molar-refractivity contribution >= 4 is 0 Å². The lowest BCUT2D eigenvalue weighted by molar-refractivity contribution is -0.274. The van der Waals surface area contributed by atoms with Crippen LogP contribution in [0.4, 0.5) is 13.2 Å². The molecule has 108 valence electrons. The fraction of sp³-hybridized carbons (Fsp3) is 0.571. The van der Waals surface area contributed by atoms with Gasteiger partial charge in [-0.15, -0.1) is 13.2 Å². The number of halogens is 3. The van der Waals surface area contributed by atoms with E-state index in [0.29, 0.717) is 5.92 Å². The number of hydrogen-bond acceptors (Lipinski definition) is 2. The first-order chi connectivity index (χ1) is 8.90. The lowest BCUT2D eigenvalue weighted by atomic mass is 9.98. The van der Waals surface area contributed by atoms with Crippen molar-refractivity contribution in [3.63, 3.8) is 0 Å². The van der Waals surface area contributed by atoms with Crippen LogP contribution < -0.4 is 10.1 Å². The van der Waals surface area contributed by atoms with Gasteiger partial charge in [-0.2, -0.15) is 0 Å². The summed E-state index contributed by atoms with van der Waals surface area (Å²) >= 11 is 0. The zero-order valence-electron chi connectivity index (χ0n) is 11.3. The molecule has 5 heteroatoms. The van der Waals surface area contributed by atoms with E-state index in [1.807, 2.05) is 0 Å². The highest BCUT2D eigenvalue weighted by molar-refractivity contribution is 5.27. The van der Waals surface area contributed by atoms with Gasteiger partial charge in [0, 0.05) is 0 Å². The molecule has 0 saturated carbocycles. The Balaban J connectivity index is 2.43. The van der Waals surface area contributed by atoms with Crippen molar-refractivity contribution in [2.75, 3.05) is 13.1 Å². The number of hydrogen-bond donors (Lipinski definition) is 1. The van der Waals surface area contributed by atoms with Gasteiger partial charge in [-0.1, -0.05) is 26.0 Å². The van der Waals surface area contributed by atoms with Gasteiger partial charge in [0.05, 0.1) is 0 Å². The van der Waals surface area contributed by atoms with Crippen molar-refractivity contribution in [1.29, 1.82) is 0 Å². The second kappa shape index (κ2) is 7.38. The van der Waals surface area contributed by atoms with Crippen molar-refractivity contribution in [2.45, 2.75) is 33.1 Å². The van der Waals surface area contributed by atoms with E-state index in [0.717, 1.165) is 31.5 Å². The molecule has 1 rings (SSSR count). The van der Waals surface area contributed by atoms with E-state index in [2.05, 4.69) is 23.9 Å². The second-order valence-electron chi connectivity index (χ2n) is 4.64. The van der Waals surface area contributed by atoms with Gasteiger partial charge in [0.25, 0.3) is 0 Å². The summed E-state index contributed by atoms with van der Waals surface area (Å²) in [6, 6.07) is 6.09. The Morgan fingerprint density at radius 2 is 1.84 bits per heavy atom. The Hall–Kier alpha value is -1.23. The molecule has 1 N–H and O–H groups in total. The Bertz CT molecular complexity index is 362. The van der Waals surface area contributed by atoms with E-state index in [4.69, 9.17) is 0 Å². The van der Waals surface area contributed by atoms with Crippen molar-refractivity contribution in [3.8, 4) is 5.75 Å². The van der Waals surface area contributed by atoms with Crippen molar-refractivity contribution in [2.24, 2.45) is 5.92 Å². The monoisotopic (exact) mass is 275 g/mol. The molecule has 1 unspecified atom stereocenters. The summed E-state index contributed by atoms with van der Waals surface area (Å²) in [4.78, 5) is 0. The average Bonchev–Trinajstić information content (AvgIpc) is 2.30. The van der Waals surface area contributed by atoms with Gasteiger partial charge in [0.1, 0.15) is 5.75 Å². The molecule has 0 saturated heterocycles. The summed E-state index contributed by atoms with van der Waals surface area (Å²) in [7, 11) is 0. The molecule has 1 aromatic rings. The molecule has 0 bridgehead atoms. The summed E-state index contributed by atoms with van der Waals surface area (Å²) in [6.07, 6.45) is -2.72. The fourth-order valence-corrected chi connectivity index (χ4v) is 1.86. The van der Waals surface area contributed by atoms with Crippen LogP contribution in [-0.4, -0.2) is 19.5 Å². The van der Waals surface area contributed by atoms with Crippen molar-refractivity contribution in [3.05, 3.63) is 29.8 Å². The van der Waals surface area contributed by atoms with Crippen LogP contribution in [0.15, 0.2) is 24.3 Å². The quantitative estimate of drug-likeness (QED) is 0.765. The highest BCUT2D eigenvalue weighted by Crippen LogP contribution is 2.23. The molecule has 0 radical (unpaired) electrons. The zero-order valence-corrected chi connectivity index (χ0v) is 11.3. The van der Waals surface area contributed by atoms with Crippen LogP contribution in [0.25, 0.3) is 0 Å². The van der Waals surface area contributed by atoms with Gasteiger partial charge in [-0.05, 0) is 49.5 Å². The highest BCUT2D eigenvalue weighted by atomic mass is 19.4. The van der Waals surface area contributed by atoms with Gasteiger partial charge in [-0.25, -0.2) is 0 Å². The molecule has 0 fully saturated rings. The van der Waals surface area contributed by atoms with Gasteiger partial charge in [-0.3, -0.25) is 0 Å². The fourth-order valence-electron chi connectivity index (χ4n) is 1.86. The van der Waals surface area contributed by atoms with Crippen LogP contribution in [0.2, 0.25) is 0 Å². The average molecular weight is 275 g/mol. The van der Waals surface area contributed by atoms with Gasteiger partial charge in [0.2, 0.25) is 0 Å². The predicted molar refractivity (Wildman–Crippen MR) is 69.2 cm³/mol. The Labute approximate surface area is 112 Å². The first-order valence-electron chi connectivity index (χ1n) is 6.46. The van der Waals surface area contributed by atoms with Crippen LogP contribution in [0, 0.1) is 5.92 Å². The maximum absolute atomic E-state index is 12.0. The van der Waals surface area contributed by atoms with Gasteiger partial charge in [0.15, 0.2) is 0 Å². The lowest BCUT2D eigenvalue weighted by Gasteiger charge is -2.13. The molecular weight excluding hydrogens is 255 g/mol. The lowest BCUT2D eigenvalue weighted by Crippen LogP contribution is -2.17. The maximum Gasteiger partial charge on any atom is 0.573 e. The third-order valence-corrected chi connectivity index (χ3v) is 2.81. The number of nitrogens with one attached hydrogen (secondary N) is 1. The molecular formula is C14H20F3NO. The zero-order chi connectivity index (χ0) is 14.3. The maximum atomic E-state index is 12.0. The molecule has 0 aliphatic rings. The van der Waals surface area contributed by atoms with Gasteiger partial charge < -0.3 is 10.1 Å². The Morgan fingerprint density at radius 3 is 2.37 bits per heavy atom. The molecule has 19 heavy (non-hydrogen) atoms. The topological polar surface area (TPSA) is 21.3 Å². The third kappa shape index (κ3) is 7.06. The standard InChI is InChI=1S/C14H20F3NO/c1-3-18-9-8-11(2)10-12-4-6-13(7-5-12)19-14(15,16)17/h4-7,11,18H,3,8-10H2,1-2H3. The molecule has 0 heterocycles. The predicted octanol–water partition coefficient (Wildman–Crippen LogP) is 3.76. The summed E-state index contributed by atoms with van der Waals surface area (Å²) in [5, 5.41) is 3.25. The van der Waals surface area contributed by atoms with E-state index in [1.54, 1.807) is 12.1 Å². The smallest absolute Gasteiger partial charge is 0.406 e. The van der Waals surface area contributed by atoms with Crippen LogP contribution in [0.3, 0.4) is 0 Å². The van der Waals surface area contributed by atoms with Crippen molar-refractivity contribution < 1.29 is 17.9 Å². The normalized spacial score (nSPS) is 13.3. The minimum Gasteiger partial charge on any atom is -0.406 e. The Morgan fingerprint density at radius 1 is 1.21 bits per heavy atom. The Kier molecular flexibility index (Phi) is 6.15. The minimum atomic E-state index is -4.62. The minimum absolute atomic E-state index is 0.170. The van der Waals surface area contributed by atoms with E-state index in [1.165, 1.54) is 12.1 Å². The summed E-state index contributed by atoms with van der Waals surface area (Å²) in [5.74, 6) is 0.324. The summed E-state index contributed by atoms with van der Waals surface area (Å²) in [5.41, 5.74) is 1.03. The molecule has 1 atom stereocenters.